The van der Waals surface area contributed by atoms with Gasteiger partial charge in [-0.1, -0.05) is 18.2 Å². The summed E-state index contributed by atoms with van der Waals surface area (Å²) in [5, 5.41) is 16.8. The maximum Gasteiger partial charge on any atom is 0.244 e. The molecule has 120 valence electrons. The first kappa shape index (κ1) is 15.5. The molecular formula is C18H21N3O2. The number of aliphatic hydroxyl groups is 1. The summed E-state index contributed by atoms with van der Waals surface area (Å²) in [4.78, 5) is 12.0. The molecule has 0 atom stereocenters. The zero-order valence-electron chi connectivity index (χ0n) is 12.9. The number of nitrogens with one attached hydrogen (secondary N) is 1. The van der Waals surface area contributed by atoms with E-state index in [0.717, 1.165) is 36.9 Å². The fourth-order valence-corrected chi connectivity index (χ4v) is 2.79. The molecule has 3 rings (SSSR count). The number of aromatic nitrogens is 2. The van der Waals surface area contributed by atoms with E-state index in [0.29, 0.717) is 0 Å². The number of aliphatic hydroxyl groups excluding tert-OH is 1. The van der Waals surface area contributed by atoms with Crippen LogP contribution in [0.2, 0.25) is 0 Å². The SMILES string of the molecule is O=C(/C=C/c1cnn(-c2ccccc2)c1)NC1CCC(O)CC1. The van der Waals surface area contributed by atoms with E-state index in [4.69, 9.17) is 0 Å². The van der Waals surface area contributed by atoms with Crippen LogP contribution in [0.5, 0.6) is 0 Å². The number of rotatable bonds is 4. The van der Waals surface area contributed by atoms with Crippen LogP contribution in [-0.4, -0.2) is 32.9 Å². The fraction of sp³-hybridized carbons (Fsp3) is 0.333. The molecule has 2 aromatic rings. The van der Waals surface area contributed by atoms with Crippen molar-refractivity contribution >= 4 is 12.0 Å². The average molecular weight is 311 g/mol. The first-order valence-corrected chi connectivity index (χ1v) is 7.97. The van der Waals surface area contributed by atoms with E-state index in [1.54, 1.807) is 17.0 Å². The van der Waals surface area contributed by atoms with Gasteiger partial charge in [0.15, 0.2) is 0 Å². The Morgan fingerprint density at radius 2 is 1.96 bits per heavy atom. The van der Waals surface area contributed by atoms with Crippen molar-refractivity contribution in [2.45, 2.75) is 37.8 Å². The van der Waals surface area contributed by atoms with Crippen LogP contribution in [0.15, 0.2) is 48.8 Å². The van der Waals surface area contributed by atoms with Gasteiger partial charge < -0.3 is 10.4 Å². The molecule has 0 unspecified atom stereocenters. The Balaban J connectivity index is 1.55. The topological polar surface area (TPSA) is 67.2 Å². The summed E-state index contributed by atoms with van der Waals surface area (Å²) in [7, 11) is 0. The highest BCUT2D eigenvalue weighted by molar-refractivity contribution is 5.91. The van der Waals surface area contributed by atoms with Crippen molar-refractivity contribution < 1.29 is 9.90 Å². The van der Waals surface area contributed by atoms with E-state index in [-0.39, 0.29) is 18.1 Å². The van der Waals surface area contributed by atoms with Crippen molar-refractivity contribution in [2.24, 2.45) is 0 Å². The molecule has 5 heteroatoms. The Labute approximate surface area is 135 Å². The normalized spacial score (nSPS) is 21.4. The van der Waals surface area contributed by atoms with Crippen LogP contribution in [0, 0.1) is 0 Å². The Kier molecular flexibility index (Phi) is 4.88. The van der Waals surface area contributed by atoms with E-state index in [1.807, 2.05) is 36.5 Å². The molecule has 0 bridgehead atoms. The molecule has 1 amide bonds. The predicted molar refractivity (Wildman–Crippen MR) is 89.0 cm³/mol. The maximum absolute atomic E-state index is 12.0. The van der Waals surface area contributed by atoms with Crippen LogP contribution in [0.25, 0.3) is 11.8 Å². The fourth-order valence-electron chi connectivity index (χ4n) is 2.79. The number of carbonyl (C=O) groups is 1. The van der Waals surface area contributed by atoms with E-state index < -0.39 is 0 Å². The first-order valence-electron chi connectivity index (χ1n) is 7.97. The lowest BCUT2D eigenvalue weighted by atomic mass is 9.93. The van der Waals surface area contributed by atoms with Gasteiger partial charge in [0.2, 0.25) is 5.91 Å². The van der Waals surface area contributed by atoms with Crippen LogP contribution < -0.4 is 5.32 Å². The standard InChI is InChI=1S/C18H21N3O2/c22-17-9-7-15(8-10-17)20-18(23)11-6-14-12-19-21(13-14)16-4-2-1-3-5-16/h1-6,11-13,15,17,22H,7-10H2,(H,20,23)/b11-6+. The largest absolute Gasteiger partial charge is 0.393 e. The second-order valence-electron chi connectivity index (χ2n) is 5.90. The molecule has 1 aromatic heterocycles. The van der Waals surface area contributed by atoms with Gasteiger partial charge in [-0.15, -0.1) is 0 Å². The summed E-state index contributed by atoms with van der Waals surface area (Å²) in [5.41, 5.74) is 1.86. The van der Waals surface area contributed by atoms with Crippen LogP contribution in [0.4, 0.5) is 0 Å². The zero-order chi connectivity index (χ0) is 16.1. The highest BCUT2D eigenvalue weighted by atomic mass is 16.3. The average Bonchev–Trinajstić information content (AvgIpc) is 3.05. The van der Waals surface area contributed by atoms with Crippen molar-refractivity contribution in [2.75, 3.05) is 0 Å². The van der Waals surface area contributed by atoms with E-state index in [9.17, 15) is 9.90 Å². The molecule has 5 nitrogen and oxygen atoms in total. The third kappa shape index (κ3) is 4.29. The molecule has 0 spiro atoms. The second-order valence-corrected chi connectivity index (χ2v) is 5.90. The Hall–Kier alpha value is -2.40. The van der Waals surface area contributed by atoms with Gasteiger partial charge in [-0.25, -0.2) is 4.68 Å². The minimum absolute atomic E-state index is 0.0983. The molecule has 0 saturated heterocycles. The van der Waals surface area contributed by atoms with Gasteiger partial charge in [-0.3, -0.25) is 4.79 Å². The summed E-state index contributed by atoms with van der Waals surface area (Å²) >= 11 is 0. The molecule has 1 aromatic carbocycles. The monoisotopic (exact) mass is 311 g/mol. The molecule has 1 aliphatic carbocycles. The number of carbonyl (C=O) groups excluding carboxylic acids is 1. The molecule has 1 fully saturated rings. The van der Waals surface area contributed by atoms with Gasteiger partial charge in [0, 0.05) is 23.9 Å². The van der Waals surface area contributed by atoms with E-state index in [1.165, 1.54) is 6.08 Å². The molecule has 1 saturated carbocycles. The zero-order valence-corrected chi connectivity index (χ0v) is 12.9. The molecule has 0 aliphatic heterocycles. The minimum atomic E-state index is -0.206. The van der Waals surface area contributed by atoms with Crippen LogP contribution in [-0.2, 0) is 4.79 Å². The van der Waals surface area contributed by atoms with Gasteiger partial charge >= 0.3 is 0 Å². The van der Waals surface area contributed by atoms with Gasteiger partial charge in [0.25, 0.3) is 0 Å². The molecule has 0 radical (unpaired) electrons. The first-order chi connectivity index (χ1) is 11.2. The number of benzene rings is 1. The Morgan fingerprint density at radius 3 is 2.70 bits per heavy atom. The van der Waals surface area contributed by atoms with E-state index in [2.05, 4.69) is 10.4 Å². The maximum atomic E-state index is 12.0. The second kappa shape index (κ2) is 7.24. The smallest absolute Gasteiger partial charge is 0.244 e. The third-order valence-corrected chi connectivity index (χ3v) is 4.09. The van der Waals surface area contributed by atoms with Gasteiger partial charge in [0.1, 0.15) is 0 Å². The molecule has 23 heavy (non-hydrogen) atoms. The minimum Gasteiger partial charge on any atom is -0.393 e. The quantitative estimate of drug-likeness (QED) is 0.852. The Bertz CT molecular complexity index is 671. The number of hydrogen-bond acceptors (Lipinski definition) is 3. The number of amides is 1. The van der Waals surface area contributed by atoms with Crippen molar-refractivity contribution in [1.29, 1.82) is 0 Å². The highest BCUT2D eigenvalue weighted by Crippen LogP contribution is 2.18. The lowest BCUT2D eigenvalue weighted by Gasteiger charge is -2.25. The molecular weight excluding hydrogens is 290 g/mol. The van der Waals surface area contributed by atoms with Crippen molar-refractivity contribution in [1.82, 2.24) is 15.1 Å². The van der Waals surface area contributed by atoms with Crippen LogP contribution in [0.1, 0.15) is 31.2 Å². The lowest BCUT2D eigenvalue weighted by Crippen LogP contribution is -2.37. The predicted octanol–water partition coefficient (Wildman–Crippen LogP) is 2.31. The van der Waals surface area contributed by atoms with Crippen molar-refractivity contribution in [3.8, 4) is 5.69 Å². The number of nitrogens with zero attached hydrogens (tertiary/aromatic N) is 2. The van der Waals surface area contributed by atoms with Crippen molar-refractivity contribution in [3.05, 3.63) is 54.4 Å². The van der Waals surface area contributed by atoms with Crippen LogP contribution >= 0.6 is 0 Å². The Morgan fingerprint density at radius 1 is 1.22 bits per heavy atom. The summed E-state index contributed by atoms with van der Waals surface area (Å²) in [6.07, 6.45) is 9.92. The number of hydrogen-bond donors (Lipinski definition) is 2. The van der Waals surface area contributed by atoms with Gasteiger partial charge in [0.05, 0.1) is 18.0 Å². The van der Waals surface area contributed by atoms with E-state index >= 15 is 0 Å². The van der Waals surface area contributed by atoms with Gasteiger partial charge in [-0.05, 0) is 43.9 Å². The highest BCUT2D eigenvalue weighted by Gasteiger charge is 2.19. The molecule has 1 heterocycles. The summed E-state index contributed by atoms with van der Waals surface area (Å²) < 4.78 is 1.78. The van der Waals surface area contributed by atoms with Crippen LogP contribution in [0.3, 0.4) is 0 Å². The lowest BCUT2D eigenvalue weighted by molar-refractivity contribution is -0.117. The van der Waals surface area contributed by atoms with Crippen molar-refractivity contribution in [3.63, 3.8) is 0 Å². The molecule has 1 aliphatic rings. The molecule has 2 N–H and O–H groups in total. The van der Waals surface area contributed by atoms with Gasteiger partial charge in [-0.2, -0.15) is 5.10 Å². The number of para-hydroxylation sites is 1. The summed E-state index contributed by atoms with van der Waals surface area (Å²) in [6.45, 7) is 0. The summed E-state index contributed by atoms with van der Waals surface area (Å²) in [6, 6.07) is 10.0. The summed E-state index contributed by atoms with van der Waals surface area (Å²) in [5.74, 6) is -0.0983. The third-order valence-electron chi connectivity index (χ3n) is 4.09.